The van der Waals surface area contributed by atoms with Crippen molar-refractivity contribution >= 4 is 6.09 Å². The summed E-state index contributed by atoms with van der Waals surface area (Å²) in [5.74, 6) is 0.821. The second kappa shape index (κ2) is 8.89. The molecule has 1 aliphatic rings. The van der Waals surface area contributed by atoms with Gasteiger partial charge in [-0.2, -0.15) is 0 Å². The van der Waals surface area contributed by atoms with Gasteiger partial charge in [-0.1, -0.05) is 12.1 Å². The van der Waals surface area contributed by atoms with Crippen LogP contribution in [0.4, 0.5) is 4.79 Å². The summed E-state index contributed by atoms with van der Waals surface area (Å²) in [6, 6.07) is 5.92. The average Bonchev–Trinajstić information content (AvgIpc) is 2.57. The number of aliphatic hydroxyl groups excluding tert-OH is 1. The lowest BCUT2D eigenvalue weighted by Crippen LogP contribution is -2.51. The molecule has 1 saturated heterocycles. The Morgan fingerprint density at radius 1 is 1.25 bits per heavy atom. The zero-order valence-electron chi connectivity index (χ0n) is 14.8. The number of hydrogen-bond acceptors (Lipinski definition) is 5. The van der Waals surface area contributed by atoms with Gasteiger partial charge in [0.15, 0.2) is 0 Å². The minimum absolute atomic E-state index is 0.254. The lowest BCUT2D eigenvalue weighted by Gasteiger charge is -2.34. The Morgan fingerprint density at radius 2 is 1.96 bits per heavy atom. The van der Waals surface area contributed by atoms with Crippen molar-refractivity contribution in [2.45, 2.75) is 26.9 Å². The molecule has 1 unspecified atom stereocenters. The smallest absolute Gasteiger partial charge is 0.409 e. The molecule has 0 spiro atoms. The van der Waals surface area contributed by atoms with Crippen LogP contribution < -0.4 is 4.74 Å². The number of carbonyl (C=O) groups is 1. The normalized spacial score (nSPS) is 16.8. The Bertz CT molecular complexity index is 542. The number of amides is 1. The first-order chi connectivity index (χ1) is 11.5. The van der Waals surface area contributed by atoms with E-state index < -0.39 is 6.10 Å². The van der Waals surface area contributed by atoms with E-state index in [0.717, 1.165) is 24.4 Å². The Morgan fingerprint density at radius 3 is 2.62 bits per heavy atom. The molecule has 1 aromatic rings. The molecule has 1 aromatic carbocycles. The number of piperazine rings is 1. The molecule has 0 saturated carbocycles. The third-order valence-corrected chi connectivity index (χ3v) is 4.35. The third-order valence-electron chi connectivity index (χ3n) is 4.35. The highest BCUT2D eigenvalue weighted by atomic mass is 16.6. The van der Waals surface area contributed by atoms with E-state index in [-0.39, 0.29) is 12.7 Å². The highest BCUT2D eigenvalue weighted by Gasteiger charge is 2.23. The molecule has 2 rings (SSSR count). The van der Waals surface area contributed by atoms with Gasteiger partial charge in [-0.05, 0) is 38.0 Å². The van der Waals surface area contributed by atoms with Crippen LogP contribution in [0.5, 0.6) is 5.75 Å². The number of rotatable bonds is 6. The minimum Gasteiger partial charge on any atom is -0.491 e. The van der Waals surface area contributed by atoms with Crippen LogP contribution in [0.1, 0.15) is 18.1 Å². The molecule has 6 nitrogen and oxygen atoms in total. The lowest BCUT2D eigenvalue weighted by atomic mass is 10.1. The van der Waals surface area contributed by atoms with E-state index in [1.165, 1.54) is 5.56 Å². The second-order valence-electron chi connectivity index (χ2n) is 6.15. The molecular formula is C18H28N2O4. The molecular weight excluding hydrogens is 308 g/mol. The van der Waals surface area contributed by atoms with E-state index in [2.05, 4.69) is 4.90 Å². The van der Waals surface area contributed by atoms with E-state index in [9.17, 15) is 9.90 Å². The summed E-state index contributed by atoms with van der Waals surface area (Å²) in [5, 5.41) is 10.2. The Kier molecular flexibility index (Phi) is 6.87. The van der Waals surface area contributed by atoms with Gasteiger partial charge in [0.05, 0.1) is 6.61 Å². The average molecular weight is 336 g/mol. The molecule has 0 aliphatic carbocycles. The topological polar surface area (TPSA) is 62.2 Å². The molecule has 1 N–H and O–H groups in total. The number of aryl methyl sites for hydroxylation is 1. The van der Waals surface area contributed by atoms with Gasteiger partial charge < -0.3 is 19.5 Å². The Hall–Kier alpha value is -1.79. The molecule has 24 heavy (non-hydrogen) atoms. The van der Waals surface area contributed by atoms with E-state index >= 15 is 0 Å². The van der Waals surface area contributed by atoms with E-state index in [1.807, 2.05) is 32.0 Å². The fourth-order valence-corrected chi connectivity index (χ4v) is 2.75. The van der Waals surface area contributed by atoms with Crippen molar-refractivity contribution in [1.82, 2.24) is 9.80 Å². The van der Waals surface area contributed by atoms with E-state index in [0.29, 0.717) is 26.2 Å². The quantitative estimate of drug-likeness (QED) is 0.858. The van der Waals surface area contributed by atoms with Gasteiger partial charge in [-0.25, -0.2) is 4.79 Å². The number of ether oxygens (including phenoxy) is 2. The number of benzene rings is 1. The van der Waals surface area contributed by atoms with Crippen molar-refractivity contribution in [3.63, 3.8) is 0 Å². The van der Waals surface area contributed by atoms with Crippen molar-refractivity contribution in [3.8, 4) is 5.75 Å². The molecule has 1 aliphatic heterocycles. The van der Waals surface area contributed by atoms with Gasteiger partial charge >= 0.3 is 6.09 Å². The van der Waals surface area contributed by atoms with Crippen LogP contribution in [0.15, 0.2) is 18.2 Å². The second-order valence-corrected chi connectivity index (χ2v) is 6.15. The summed E-state index contributed by atoms with van der Waals surface area (Å²) >= 11 is 0. The van der Waals surface area contributed by atoms with Gasteiger partial charge in [0.25, 0.3) is 0 Å². The maximum atomic E-state index is 11.7. The number of carbonyl (C=O) groups excluding carboxylic acids is 1. The molecule has 1 amide bonds. The van der Waals surface area contributed by atoms with Crippen LogP contribution >= 0.6 is 0 Å². The zero-order chi connectivity index (χ0) is 17.5. The maximum Gasteiger partial charge on any atom is 0.409 e. The number of nitrogens with zero attached hydrogens (tertiary/aromatic N) is 2. The number of aliphatic hydroxyl groups is 1. The lowest BCUT2D eigenvalue weighted by molar-refractivity contribution is 0.0406. The SMILES string of the molecule is CCOC(=O)N1CCN(CC(O)COc2cccc(C)c2C)CC1. The van der Waals surface area contributed by atoms with Crippen molar-refractivity contribution in [2.75, 3.05) is 45.9 Å². The third kappa shape index (κ3) is 5.11. The molecule has 1 fully saturated rings. The van der Waals surface area contributed by atoms with Crippen molar-refractivity contribution in [2.24, 2.45) is 0 Å². The van der Waals surface area contributed by atoms with Crippen LogP contribution in [0.25, 0.3) is 0 Å². The van der Waals surface area contributed by atoms with E-state index in [1.54, 1.807) is 11.8 Å². The maximum absolute atomic E-state index is 11.7. The van der Waals surface area contributed by atoms with Crippen molar-refractivity contribution in [1.29, 1.82) is 0 Å². The fourth-order valence-electron chi connectivity index (χ4n) is 2.75. The molecule has 6 heteroatoms. The van der Waals surface area contributed by atoms with Crippen LogP contribution in [0.2, 0.25) is 0 Å². The first-order valence-electron chi connectivity index (χ1n) is 8.52. The Balaban J connectivity index is 1.73. The summed E-state index contributed by atoms with van der Waals surface area (Å²) in [6.07, 6.45) is -0.810. The largest absolute Gasteiger partial charge is 0.491 e. The monoisotopic (exact) mass is 336 g/mol. The summed E-state index contributed by atoms with van der Waals surface area (Å²) < 4.78 is 10.8. The first-order valence-corrected chi connectivity index (χ1v) is 8.52. The number of hydrogen-bond donors (Lipinski definition) is 1. The van der Waals surface area contributed by atoms with Crippen LogP contribution in [-0.4, -0.2) is 73.0 Å². The van der Waals surface area contributed by atoms with Gasteiger partial charge in [0.2, 0.25) is 0 Å². The standard InChI is InChI=1S/C18H28N2O4/c1-4-23-18(22)20-10-8-19(9-11-20)12-16(21)13-24-17-7-5-6-14(2)15(17)3/h5-7,16,21H,4,8-13H2,1-3H3. The highest BCUT2D eigenvalue weighted by Crippen LogP contribution is 2.20. The highest BCUT2D eigenvalue weighted by molar-refractivity contribution is 5.67. The van der Waals surface area contributed by atoms with E-state index in [4.69, 9.17) is 9.47 Å². The predicted octanol–water partition coefficient (Wildman–Crippen LogP) is 1.82. The molecule has 0 radical (unpaired) electrons. The minimum atomic E-state index is -0.556. The van der Waals surface area contributed by atoms with Crippen LogP contribution in [-0.2, 0) is 4.74 Å². The molecule has 1 heterocycles. The summed E-state index contributed by atoms with van der Waals surface area (Å²) in [5.41, 5.74) is 2.28. The zero-order valence-corrected chi connectivity index (χ0v) is 14.8. The van der Waals surface area contributed by atoms with Gasteiger partial charge in [-0.3, -0.25) is 4.90 Å². The predicted molar refractivity (Wildman–Crippen MR) is 92.5 cm³/mol. The summed E-state index contributed by atoms with van der Waals surface area (Å²) in [4.78, 5) is 15.5. The number of β-amino-alcohol motifs (C(OH)–C–C–N with tert-alkyl or cyclic N) is 1. The Labute approximate surface area is 144 Å². The molecule has 134 valence electrons. The van der Waals surface area contributed by atoms with Crippen molar-refractivity contribution in [3.05, 3.63) is 29.3 Å². The molecule has 0 bridgehead atoms. The van der Waals surface area contributed by atoms with Gasteiger partial charge in [0, 0.05) is 32.7 Å². The van der Waals surface area contributed by atoms with Crippen molar-refractivity contribution < 1.29 is 19.4 Å². The first kappa shape index (κ1) is 18.5. The summed E-state index contributed by atoms with van der Waals surface area (Å²) in [7, 11) is 0. The molecule has 0 aromatic heterocycles. The van der Waals surface area contributed by atoms with Crippen LogP contribution in [0.3, 0.4) is 0 Å². The van der Waals surface area contributed by atoms with Crippen LogP contribution in [0, 0.1) is 13.8 Å². The van der Waals surface area contributed by atoms with Gasteiger partial charge in [-0.15, -0.1) is 0 Å². The fraction of sp³-hybridized carbons (Fsp3) is 0.611. The molecule has 1 atom stereocenters. The summed E-state index contributed by atoms with van der Waals surface area (Å²) in [6.45, 7) is 9.80. The van der Waals surface area contributed by atoms with Gasteiger partial charge in [0.1, 0.15) is 18.5 Å².